The van der Waals surface area contributed by atoms with Crippen molar-refractivity contribution in [1.29, 1.82) is 0 Å². The lowest BCUT2D eigenvalue weighted by Gasteiger charge is -2.26. The number of allylic oxidation sites excluding steroid dienone is 4. The molecule has 0 saturated carbocycles. The minimum absolute atomic E-state index is 0.493. The van der Waals surface area contributed by atoms with Gasteiger partial charge in [0, 0.05) is 78.7 Å². The van der Waals surface area contributed by atoms with E-state index in [0.29, 0.717) is 5.84 Å². The Balaban J connectivity index is 1.10. The lowest BCUT2D eigenvalue weighted by molar-refractivity contribution is 0.516. The predicted octanol–water partition coefficient (Wildman–Crippen LogP) is 13.8. The van der Waals surface area contributed by atoms with Gasteiger partial charge in [0.05, 0.1) is 22.1 Å². The quantitative estimate of drug-likeness (QED) is 0.190. The average Bonchev–Trinajstić information content (AvgIpc) is 4.04. The van der Waals surface area contributed by atoms with Crippen molar-refractivity contribution in [3.05, 3.63) is 175 Å². The van der Waals surface area contributed by atoms with Gasteiger partial charge in [0.15, 0.2) is 5.84 Å². The highest BCUT2D eigenvalue weighted by Crippen LogP contribution is 2.43. The average molecular weight is 780 g/mol. The van der Waals surface area contributed by atoms with Crippen LogP contribution in [0, 0.1) is 0 Å². The summed E-state index contributed by atoms with van der Waals surface area (Å²) in [4.78, 5) is 11.0. The Morgan fingerprint density at radius 1 is 0.534 bits per heavy atom. The lowest BCUT2D eigenvalue weighted by Crippen LogP contribution is -2.36. The largest absolute Gasteiger partial charge is 0.331 e. The molecule has 0 radical (unpaired) electrons. The molecule has 0 saturated heterocycles. The number of nitrogens with zero attached hydrogens (tertiary/aromatic N) is 4. The molecule has 1 atom stereocenters. The molecule has 58 heavy (non-hydrogen) atoms. The number of nitrogens with one attached hydrogen (secondary N) is 1. The maximum absolute atomic E-state index is 5.60. The molecule has 0 bridgehead atoms. The summed E-state index contributed by atoms with van der Waals surface area (Å²) in [5.41, 5.74) is 8.05. The molecule has 1 unspecified atom stereocenters. The minimum atomic E-state index is -0.493. The molecule has 5 nitrogen and oxygen atoms in total. The van der Waals surface area contributed by atoms with E-state index >= 15 is 0 Å². The Bertz CT molecular complexity index is 3680. The zero-order valence-electron chi connectivity index (χ0n) is 31.2. The minimum Gasteiger partial charge on any atom is -0.331 e. The Kier molecular flexibility index (Phi) is 6.88. The fourth-order valence-corrected chi connectivity index (χ4v) is 11.6. The van der Waals surface area contributed by atoms with Crippen molar-refractivity contribution >= 4 is 124 Å². The van der Waals surface area contributed by atoms with E-state index in [1.165, 1.54) is 78.6 Å². The fraction of sp³-hybridized carbons (Fsp3) is 0.0588. The SMILES string of the molecule is C1=CCCC(n2c3ccccc3c3ccc4c5ccccc5n(C5N=C(c6ccc7sc8ccccc8c7c6)N=C(c6ccc7sc8ccccc8c7c6)N5)c4c32)=C1. The summed E-state index contributed by atoms with van der Waals surface area (Å²) in [5, 5.41) is 13.8. The normalized spacial score (nSPS) is 16.0. The molecule has 13 rings (SSSR count). The van der Waals surface area contributed by atoms with Crippen LogP contribution in [-0.2, 0) is 0 Å². The molecule has 1 N–H and O–H groups in total. The first-order valence-electron chi connectivity index (χ1n) is 19.8. The number of thiophene rings is 2. The molecule has 7 heteroatoms. The first-order valence-corrected chi connectivity index (χ1v) is 21.5. The number of fused-ring (bicyclic) bond motifs is 13. The van der Waals surface area contributed by atoms with Gasteiger partial charge in [-0.1, -0.05) is 97.1 Å². The van der Waals surface area contributed by atoms with Crippen molar-refractivity contribution in [2.45, 2.75) is 19.1 Å². The number of benzene rings is 7. The van der Waals surface area contributed by atoms with Gasteiger partial charge in [-0.2, -0.15) is 0 Å². The third kappa shape index (κ3) is 4.68. The fourth-order valence-electron chi connectivity index (χ4n) is 9.45. The van der Waals surface area contributed by atoms with Gasteiger partial charge in [-0.3, -0.25) is 4.57 Å². The number of aromatic nitrogens is 2. The maximum atomic E-state index is 5.60. The van der Waals surface area contributed by atoms with Crippen molar-refractivity contribution in [2.24, 2.45) is 9.98 Å². The third-order valence-corrected chi connectivity index (χ3v) is 14.3. The summed E-state index contributed by atoms with van der Waals surface area (Å²) < 4.78 is 10.1. The second-order valence-electron chi connectivity index (χ2n) is 15.3. The maximum Gasteiger partial charge on any atom is 0.204 e. The van der Waals surface area contributed by atoms with E-state index < -0.39 is 6.29 Å². The molecule has 7 aromatic carbocycles. The number of para-hydroxylation sites is 2. The van der Waals surface area contributed by atoms with Crippen LogP contribution in [0.25, 0.3) is 89.7 Å². The van der Waals surface area contributed by atoms with Crippen LogP contribution in [0.1, 0.15) is 30.3 Å². The Hall–Kier alpha value is -6.80. The third-order valence-electron chi connectivity index (χ3n) is 12.0. The number of rotatable bonds is 4. The first kappa shape index (κ1) is 32.3. The molecule has 2 aliphatic rings. The Morgan fingerprint density at radius 2 is 1.12 bits per heavy atom. The highest BCUT2D eigenvalue weighted by Gasteiger charge is 2.28. The van der Waals surface area contributed by atoms with E-state index in [1.807, 2.05) is 22.7 Å². The summed E-state index contributed by atoms with van der Waals surface area (Å²) in [6.45, 7) is 0. The van der Waals surface area contributed by atoms with Crippen molar-refractivity contribution in [1.82, 2.24) is 14.5 Å². The molecule has 0 fully saturated rings. The first-order chi connectivity index (χ1) is 28.7. The summed E-state index contributed by atoms with van der Waals surface area (Å²) >= 11 is 3.67. The highest BCUT2D eigenvalue weighted by molar-refractivity contribution is 7.26. The van der Waals surface area contributed by atoms with Crippen LogP contribution < -0.4 is 5.32 Å². The Labute approximate surface area is 340 Å². The van der Waals surface area contributed by atoms with Gasteiger partial charge >= 0.3 is 0 Å². The second kappa shape index (κ2) is 12.3. The zero-order valence-corrected chi connectivity index (χ0v) is 32.8. The smallest absolute Gasteiger partial charge is 0.204 e. The van der Waals surface area contributed by atoms with E-state index in [2.05, 4.69) is 178 Å². The van der Waals surface area contributed by atoms with E-state index in [1.54, 1.807) is 0 Å². The number of hydrogen-bond donors (Lipinski definition) is 1. The van der Waals surface area contributed by atoms with E-state index in [4.69, 9.17) is 9.98 Å². The molecule has 11 aromatic rings. The predicted molar refractivity (Wildman–Crippen MR) is 249 cm³/mol. The van der Waals surface area contributed by atoms with Crippen LogP contribution in [0.5, 0.6) is 0 Å². The van der Waals surface area contributed by atoms with Crippen LogP contribution in [0.15, 0.2) is 174 Å². The molecular formula is C51H33N5S2. The monoisotopic (exact) mass is 779 g/mol. The van der Waals surface area contributed by atoms with E-state index in [0.717, 1.165) is 40.8 Å². The number of amidine groups is 2. The number of aliphatic imine (C=N–C) groups is 2. The molecule has 0 amide bonds. The summed E-state index contributed by atoms with van der Waals surface area (Å²) in [7, 11) is 0. The number of hydrogen-bond acceptors (Lipinski definition) is 5. The van der Waals surface area contributed by atoms with Gasteiger partial charge < -0.3 is 9.88 Å². The van der Waals surface area contributed by atoms with Crippen LogP contribution >= 0.6 is 22.7 Å². The van der Waals surface area contributed by atoms with Crippen molar-refractivity contribution in [3.8, 4) is 0 Å². The standard InChI is InChI=1S/C51H33N5S2/c1-2-12-32(13-3-1)55-41-18-8-4-14-33(41)37-24-25-38-34-15-5-9-19-42(34)56(48(38)47(37)55)51-53-49(30-22-26-45-39(28-30)35-16-6-10-20-43(35)57-45)52-50(54-51)31-23-27-46-40(29-31)36-17-7-11-21-44(36)58-46/h1-2,4-12,14-29,51H,3,13H2,(H,52,53,54). The lowest BCUT2D eigenvalue weighted by atomic mass is 10.1. The Morgan fingerprint density at radius 3 is 1.83 bits per heavy atom. The van der Waals surface area contributed by atoms with Gasteiger partial charge in [0.2, 0.25) is 6.29 Å². The molecule has 4 aromatic heterocycles. The molecule has 5 heterocycles. The van der Waals surface area contributed by atoms with Gasteiger partial charge in [-0.15, -0.1) is 22.7 Å². The van der Waals surface area contributed by atoms with E-state index in [9.17, 15) is 0 Å². The second-order valence-corrected chi connectivity index (χ2v) is 17.4. The molecular weight excluding hydrogens is 747 g/mol. The summed E-state index contributed by atoms with van der Waals surface area (Å²) in [6.07, 6.45) is 8.25. The van der Waals surface area contributed by atoms with Gasteiger partial charge in [0.25, 0.3) is 0 Å². The molecule has 0 spiro atoms. The van der Waals surface area contributed by atoms with Crippen molar-refractivity contribution in [3.63, 3.8) is 0 Å². The van der Waals surface area contributed by atoms with Crippen LogP contribution in [-0.4, -0.2) is 20.8 Å². The van der Waals surface area contributed by atoms with Crippen LogP contribution in [0.4, 0.5) is 0 Å². The summed E-state index contributed by atoms with van der Waals surface area (Å²) in [6, 6.07) is 53.1. The van der Waals surface area contributed by atoms with Crippen molar-refractivity contribution < 1.29 is 0 Å². The highest BCUT2D eigenvalue weighted by atomic mass is 32.1. The molecule has 1 aliphatic heterocycles. The van der Waals surface area contributed by atoms with Crippen molar-refractivity contribution in [2.75, 3.05) is 0 Å². The van der Waals surface area contributed by atoms with Gasteiger partial charge in [-0.05, 0) is 79.6 Å². The van der Waals surface area contributed by atoms with Gasteiger partial charge in [0.1, 0.15) is 5.84 Å². The summed E-state index contributed by atoms with van der Waals surface area (Å²) in [5.74, 6) is 1.52. The topological polar surface area (TPSA) is 46.6 Å². The van der Waals surface area contributed by atoms with Crippen LogP contribution in [0.3, 0.4) is 0 Å². The van der Waals surface area contributed by atoms with Gasteiger partial charge in [-0.25, -0.2) is 9.98 Å². The van der Waals surface area contributed by atoms with Crippen LogP contribution in [0.2, 0.25) is 0 Å². The zero-order chi connectivity index (χ0) is 37.9. The van der Waals surface area contributed by atoms with E-state index in [-0.39, 0.29) is 0 Å². The molecule has 1 aliphatic carbocycles. The molecule has 274 valence electrons.